The number of benzene rings is 1. The van der Waals surface area contributed by atoms with Crippen LogP contribution in [0.2, 0.25) is 0 Å². The topological polar surface area (TPSA) is 155 Å². The SMILES string of the molecule is CCC[C@H](NC(=O)[C@H](CC(C)(C)C)NC(=O)c1cc[n+]([O-])cc1)C(=O)N[C@H](CN[C@@H](C)C(=O)NCC)Cc1ccccc1. The summed E-state index contributed by atoms with van der Waals surface area (Å²) in [4.78, 5) is 52.3. The van der Waals surface area contributed by atoms with E-state index < -0.39 is 29.9 Å². The van der Waals surface area contributed by atoms with E-state index in [0.29, 0.717) is 43.5 Å². The van der Waals surface area contributed by atoms with Crippen LogP contribution in [0.4, 0.5) is 0 Å². The highest BCUT2D eigenvalue weighted by Gasteiger charge is 2.31. The van der Waals surface area contributed by atoms with Crippen molar-refractivity contribution < 1.29 is 23.9 Å². The first-order chi connectivity index (χ1) is 20.3. The molecule has 0 spiro atoms. The van der Waals surface area contributed by atoms with Crippen LogP contribution in [0.1, 0.15) is 76.7 Å². The highest BCUT2D eigenvalue weighted by Crippen LogP contribution is 2.21. The monoisotopic (exact) mass is 596 g/mol. The fourth-order valence-corrected chi connectivity index (χ4v) is 4.57. The number of rotatable bonds is 16. The van der Waals surface area contributed by atoms with E-state index in [4.69, 9.17) is 0 Å². The standard InChI is InChI=1S/C32H48N6O5/c1-7-12-26(36-31(42)27(20-32(4,5)6)37-29(40)24-15-17-38(43)18-16-24)30(41)35-25(19-23-13-10-9-11-14-23)21-34-22(3)28(39)33-8-2/h9-11,13-18,22,25-27,34H,7-8,12,19-21H2,1-6H3,(H,33,39)(H,35,41)(H,36,42)(H,37,40)/t22-,25-,26-,27-/m0/s1. The molecular formula is C32H48N6O5. The molecule has 4 atom stereocenters. The van der Waals surface area contributed by atoms with Crippen LogP contribution in [-0.4, -0.2) is 60.9 Å². The third-order valence-electron chi connectivity index (χ3n) is 6.80. The molecule has 1 aromatic heterocycles. The Kier molecular flexibility index (Phi) is 14.1. The second kappa shape index (κ2) is 17.2. The van der Waals surface area contributed by atoms with Gasteiger partial charge in [-0.1, -0.05) is 64.4 Å². The molecule has 0 saturated carbocycles. The van der Waals surface area contributed by atoms with Gasteiger partial charge in [-0.15, -0.1) is 0 Å². The highest BCUT2D eigenvalue weighted by molar-refractivity contribution is 5.98. The maximum atomic E-state index is 13.6. The summed E-state index contributed by atoms with van der Waals surface area (Å²) < 4.78 is 0.575. The number of aromatic nitrogens is 1. The lowest BCUT2D eigenvalue weighted by Crippen LogP contribution is -2.57. The van der Waals surface area contributed by atoms with Crippen LogP contribution < -0.4 is 31.3 Å². The molecule has 11 nitrogen and oxygen atoms in total. The fourth-order valence-electron chi connectivity index (χ4n) is 4.57. The van der Waals surface area contributed by atoms with Crippen molar-refractivity contribution >= 4 is 23.6 Å². The Morgan fingerprint density at radius 1 is 0.860 bits per heavy atom. The van der Waals surface area contributed by atoms with E-state index in [-0.39, 0.29) is 28.8 Å². The Hall–Kier alpha value is -3.99. The fraction of sp³-hybridized carbons (Fsp3) is 0.531. The number of hydrogen-bond donors (Lipinski definition) is 5. The quantitative estimate of drug-likeness (QED) is 0.147. The van der Waals surface area contributed by atoms with Gasteiger partial charge in [0.1, 0.15) is 12.1 Å². The van der Waals surface area contributed by atoms with E-state index in [1.165, 1.54) is 24.5 Å². The van der Waals surface area contributed by atoms with Crippen molar-refractivity contribution in [3.8, 4) is 0 Å². The van der Waals surface area contributed by atoms with Gasteiger partial charge in [-0.2, -0.15) is 4.73 Å². The first-order valence-corrected chi connectivity index (χ1v) is 15.0. The van der Waals surface area contributed by atoms with Crippen molar-refractivity contribution in [2.75, 3.05) is 13.1 Å². The first-order valence-electron chi connectivity index (χ1n) is 15.0. The van der Waals surface area contributed by atoms with Crippen LogP contribution in [0.3, 0.4) is 0 Å². The van der Waals surface area contributed by atoms with E-state index in [0.717, 1.165) is 5.56 Å². The number of nitrogens with one attached hydrogen (secondary N) is 5. The molecule has 0 aliphatic rings. The third kappa shape index (κ3) is 12.8. The predicted octanol–water partition coefficient (Wildman–Crippen LogP) is 1.98. The molecule has 0 fully saturated rings. The number of likely N-dealkylation sites (N-methyl/N-ethyl adjacent to an activating group) is 1. The molecule has 0 aliphatic carbocycles. The zero-order chi connectivity index (χ0) is 32.0. The number of hydrogen-bond acceptors (Lipinski definition) is 6. The predicted molar refractivity (Wildman–Crippen MR) is 166 cm³/mol. The van der Waals surface area contributed by atoms with Crippen LogP contribution >= 0.6 is 0 Å². The molecule has 4 amide bonds. The third-order valence-corrected chi connectivity index (χ3v) is 6.80. The Balaban J connectivity index is 2.18. The van der Waals surface area contributed by atoms with Crippen molar-refractivity contribution in [1.29, 1.82) is 0 Å². The molecule has 0 saturated heterocycles. The maximum absolute atomic E-state index is 13.6. The molecular weight excluding hydrogens is 548 g/mol. The van der Waals surface area contributed by atoms with Crippen molar-refractivity contribution in [3.05, 3.63) is 71.2 Å². The van der Waals surface area contributed by atoms with Crippen molar-refractivity contribution in [2.24, 2.45) is 5.41 Å². The lowest BCUT2D eigenvalue weighted by molar-refractivity contribution is -0.605. The molecule has 1 heterocycles. The van der Waals surface area contributed by atoms with Gasteiger partial charge in [-0.3, -0.25) is 19.2 Å². The maximum Gasteiger partial charge on any atom is 0.252 e. The zero-order valence-corrected chi connectivity index (χ0v) is 26.2. The van der Waals surface area contributed by atoms with Gasteiger partial charge in [0.05, 0.1) is 11.6 Å². The zero-order valence-electron chi connectivity index (χ0n) is 26.2. The number of pyridine rings is 1. The Bertz CT molecular complexity index is 1180. The largest absolute Gasteiger partial charge is 0.619 e. The average molecular weight is 597 g/mol. The normalized spacial score (nSPS) is 14.1. The molecule has 2 rings (SSSR count). The number of nitrogens with zero attached hydrogens (tertiary/aromatic N) is 1. The minimum absolute atomic E-state index is 0.127. The summed E-state index contributed by atoms with van der Waals surface area (Å²) in [6.45, 7) is 12.3. The summed E-state index contributed by atoms with van der Waals surface area (Å²) in [5, 5.41) is 26.1. The van der Waals surface area contributed by atoms with Gasteiger partial charge in [-0.25, -0.2) is 0 Å². The molecule has 5 N–H and O–H groups in total. The molecule has 0 radical (unpaired) electrons. The number of carbonyl (C=O) groups excluding carboxylic acids is 4. The summed E-state index contributed by atoms with van der Waals surface area (Å²) in [5.74, 6) is -1.42. The van der Waals surface area contributed by atoms with Gasteiger partial charge >= 0.3 is 0 Å². The molecule has 2 aromatic rings. The van der Waals surface area contributed by atoms with Crippen LogP contribution in [0, 0.1) is 10.6 Å². The van der Waals surface area contributed by atoms with Crippen LogP contribution in [0.5, 0.6) is 0 Å². The molecule has 236 valence electrons. The molecule has 11 heteroatoms. The smallest absolute Gasteiger partial charge is 0.252 e. The number of carbonyl (C=O) groups is 4. The summed E-state index contributed by atoms with van der Waals surface area (Å²) in [6, 6.07) is 9.95. The molecule has 1 aromatic carbocycles. The Labute approximate surface area is 255 Å². The van der Waals surface area contributed by atoms with Crippen LogP contribution in [-0.2, 0) is 20.8 Å². The van der Waals surface area contributed by atoms with E-state index in [1.807, 2.05) is 65.0 Å². The first kappa shape index (κ1) is 35.2. The number of amides is 4. The van der Waals surface area contributed by atoms with Gasteiger partial charge in [0.25, 0.3) is 5.91 Å². The van der Waals surface area contributed by atoms with Gasteiger partial charge in [0.2, 0.25) is 17.7 Å². The molecule has 43 heavy (non-hydrogen) atoms. The molecule has 0 bridgehead atoms. The van der Waals surface area contributed by atoms with Gasteiger partial charge < -0.3 is 31.8 Å². The average Bonchev–Trinajstić information content (AvgIpc) is 2.95. The lowest BCUT2D eigenvalue weighted by Gasteiger charge is -2.29. The summed E-state index contributed by atoms with van der Waals surface area (Å²) in [6.07, 6.45) is 4.33. The van der Waals surface area contributed by atoms with Gasteiger partial charge in [-0.05, 0) is 44.1 Å². The van der Waals surface area contributed by atoms with Crippen LogP contribution in [0.25, 0.3) is 0 Å². The summed E-state index contributed by atoms with van der Waals surface area (Å²) in [7, 11) is 0. The summed E-state index contributed by atoms with van der Waals surface area (Å²) in [5.41, 5.74) is 0.965. The van der Waals surface area contributed by atoms with E-state index in [2.05, 4.69) is 26.6 Å². The second-order valence-corrected chi connectivity index (χ2v) is 12.0. The Morgan fingerprint density at radius 2 is 1.49 bits per heavy atom. The minimum atomic E-state index is -0.904. The lowest BCUT2D eigenvalue weighted by atomic mass is 9.87. The van der Waals surface area contributed by atoms with Gasteiger partial charge in [0, 0.05) is 31.3 Å². The molecule has 0 aliphatic heterocycles. The minimum Gasteiger partial charge on any atom is -0.619 e. The van der Waals surface area contributed by atoms with Crippen LogP contribution in [0.15, 0.2) is 54.9 Å². The second-order valence-electron chi connectivity index (χ2n) is 12.0. The van der Waals surface area contributed by atoms with E-state index >= 15 is 0 Å². The van der Waals surface area contributed by atoms with Crippen molar-refractivity contribution in [3.63, 3.8) is 0 Å². The highest BCUT2D eigenvalue weighted by atomic mass is 16.5. The van der Waals surface area contributed by atoms with Crippen molar-refractivity contribution in [1.82, 2.24) is 26.6 Å². The summed E-state index contributed by atoms with van der Waals surface area (Å²) >= 11 is 0. The van der Waals surface area contributed by atoms with E-state index in [1.54, 1.807) is 6.92 Å². The Morgan fingerprint density at radius 3 is 2.07 bits per heavy atom. The molecule has 0 unspecified atom stereocenters. The van der Waals surface area contributed by atoms with Crippen molar-refractivity contribution in [2.45, 2.75) is 91.4 Å². The van der Waals surface area contributed by atoms with E-state index in [9.17, 15) is 24.4 Å². The van der Waals surface area contributed by atoms with Gasteiger partial charge in [0.15, 0.2) is 12.4 Å².